The third kappa shape index (κ3) is 4.89. The molecule has 2 aromatic carbocycles. The fraction of sp³-hybridized carbons (Fsp3) is 0.278. The molecule has 0 saturated heterocycles. The first-order valence-electron chi connectivity index (χ1n) is 7.35. The van der Waals surface area contributed by atoms with Gasteiger partial charge in [-0.2, -0.15) is 0 Å². The van der Waals surface area contributed by atoms with Crippen molar-refractivity contribution in [3.05, 3.63) is 53.1 Å². The third-order valence-corrected chi connectivity index (χ3v) is 3.59. The quantitative estimate of drug-likeness (QED) is 0.847. The molecule has 0 aliphatic carbocycles. The minimum atomic E-state index is -0.279. The number of ether oxygens (including phenoxy) is 2. The summed E-state index contributed by atoms with van der Waals surface area (Å²) in [6, 6.07) is 12.8. The molecule has 0 spiro atoms. The van der Waals surface area contributed by atoms with Gasteiger partial charge in [0.2, 0.25) is 0 Å². The molecule has 0 unspecified atom stereocenters. The van der Waals surface area contributed by atoms with Gasteiger partial charge in [-0.15, -0.1) is 0 Å². The molecule has 0 bridgehead atoms. The Balaban J connectivity index is 1.94. The van der Waals surface area contributed by atoms with Crippen molar-refractivity contribution in [2.45, 2.75) is 19.8 Å². The van der Waals surface area contributed by atoms with Gasteiger partial charge in [0.1, 0.15) is 11.5 Å². The van der Waals surface area contributed by atoms with Crippen LogP contribution in [0.15, 0.2) is 42.5 Å². The van der Waals surface area contributed by atoms with Crippen molar-refractivity contribution in [2.75, 3.05) is 19.0 Å². The van der Waals surface area contributed by atoms with Gasteiger partial charge in [-0.25, -0.2) is 0 Å². The summed E-state index contributed by atoms with van der Waals surface area (Å²) in [5.41, 5.74) is 1.74. The molecule has 23 heavy (non-hydrogen) atoms. The van der Waals surface area contributed by atoms with Crippen molar-refractivity contribution in [2.24, 2.45) is 0 Å². The monoisotopic (exact) mass is 333 g/mol. The fourth-order valence-corrected chi connectivity index (χ4v) is 2.23. The molecule has 1 amide bonds. The Labute approximate surface area is 141 Å². The summed E-state index contributed by atoms with van der Waals surface area (Å²) < 4.78 is 10.7. The van der Waals surface area contributed by atoms with Gasteiger partial charge in [-0.1, -0.05) is 37.6 Å². The van der Waals surface area contributed by atoms with Gasteiger partial charge >= 0.3 is 0 Å². The van der Waals surface area contributed by atoms with Gasteiger partial charge in [0, 0.05) is 5.02 Å². The Hall–Kier alpha value is -2.20. The van der Waals surface area contributed by atoms with Crippen molar-refractivity contribution in [1.29, 1.82) is 0 Å². The van der Waals surface area contributed by atoms with E-state index in [9.17, 15) is 4.79 Å². The Kier molecular flexibility index (Phi) is 5.88. The van der Waals surface area contributed by atoms with Crippen LogP contribution < -0.4 is 14.8 Å². The molecule has 0 aromatic heterocycles. The van der Waals surface area contributed by atoms with Crippen LogP contribution >= 0.6 is 11.6 Å². The number of amides is 1. The number of halogens is 1. The van der Waals surface area contributed by atoms with E-state index >= 15 is 0 Å². The normalized spacial score (nSPS) is 10.5. The Morgan fingerprint density at radius 1 is 1.17 bits per heavy atom. The molecule has 0 heterocycles. The highest BCUT2D eigenvalue weighted by atomic mass is 35.5. The fourth-order valence-electron chi connectivity index (χ4n) is 2.06. The first kappa shape index (κ1) is 17.2. The second-order valence-electron chi connectivity index (χ2n) is 5.41. The van der Waals surface area contributed by atoms with Crippen molar-refractivity contribution in [3.63, 3.8) is 0 Å². The number of nitrogens with one attached hydrogen (secondary N) is 1. The molecule has 0 atom stereocenters. The number of anilines is 1. The van der Waals surface area contributed by atoms with Crippen molar-refractivity contribution >= 4 is 23.2 Å². The first-order chi connectivity index (χ1) is 11.0. The van der Waals surface area contributed by atoms with Crippen LogP contribution in [0.5, 0.6) is 11.5 Å². The van der Waals surface area contributed by atoms with Crippen LogP contribution in [0.25, 0.3) is 0 Å². The highest BCUT2D eigenvalue weighted by Crippen LogP contribution is 2.27. The van der Waals surface area contributed by atoms with Crippen LogP contribution in [0.4, 0.5) is 5.69 Å². The van der Waals surface area contributed by atoms with E-state index in [0.717, 1.165) is 0 Å². The predicted octanol–water partition coefficient (Wildman–Crippen LogP) is 4.49. The Morgan fingerprint density at radius 3 is 2.48 bits per heavy atom. The summed E-state index contributed by atoms with van der Waals surface area (Å²) in [5, 5.41) is 3.25. The SMILES string of the molecule is COc1ccc(Cl)cc1NC(=O)COc1ccc(C(C)C)cc1. The summed E-state index contributed by atoms with van der Waals surface area (Å²) in [5.74, 6) is 1.38. The molecule has 122 valence electrons. The van der Waals surface area contributed by atoms with Gasteiger partial charge in [-0.3, -0.25) is 4.79 Å². The summed E-state index contributed by atoms with van der Waals surface area (Å²) in [6.45, 7) is 4.17. The van der Waals surface area contributed by atoms with Crippen LogP contribution in [0.3, 0.4) is 0 Å². The molecule has 0 aliphatic rings. The zero-order chi connectivity index (χ0) is 16.8. The zero-order valence-corrected chi connectivity index (χ0v) is 14.2. The predicted molar refractivity (Wildman–Crippen MR) is 92.7 cm³/mol. The van der Waals surface area contributed by atoms with E-state index in [2.05, 4.69) is 19.2 Å². The molecular formula is C18H20ClNO3. The summed E-state index contributed by atoms with van der Waals surface area (Å²) in [7, 11) is 1.53. The van der Waals surface area contributed by atoms with E-state index < -0.39 is 0 Å². The molecular weight excluding hydrogens is 314 g/mol. The van der Waals surface area contributed by atoms with E-state index in [1.54, 1.807) is 18.2 Å². The number of methoxy groups -OCH3 is 1. The number of carbonyl (C=O) groups excluding carboxylic acids is 1. The number of hydrogen-bond acceptors (Lipinski definition) is 3. The van der Waals surface area contributed by atoms with Crippen LogP contribution in [0.1, 0.15) is 25.3 Å². The average Bonchev–Trinajstić information content (AvgIpc) is 2.53. The van der Waals surface area contributed by atoms with Crippen LogP contribution in [-0.2, 0) is 4.79 Å². The van der Waals surface area contributed by atoms with Crippen LogP contribution in [0, 0.1) is 0 Å². The summed E-state index contributed by atoms with van der Waals surface area (Å²) in [6.07, 6.45) is 0. The van der Waals surface area contributed by atoms with Gasteiger partial charge < -0.3 is 14.8 Å². The highest BCUT2D eigenvalue weighted by molar-refractivity contribution is 6.31. The Bertz CT molecular complexity index is 668. The van der Waals surface area contributed by atoms with Crippen LogP contribution in [0.2, 0.25) is 5.02 Å². The topological polar surface area (TPSA) is 47.6 Å². The lowest BCUT2D eigenvalue weighted by Crippen LogP contribution is -2.20. The van der Waals surface area contributed by atoms with Crippen molar-refractivity contribution < 1.29 is 14.3 Å². The molecule has 0 fully saturated rings. The average molecular weight is 334 g/mol. The molecule has 4 nitrogen and oxygen atoms in total. The molecule has 5 heteroatoms. The second-order valence-corrected chi connectivity index (χ2v) is 5.84. The summed E-state index contributed by atoms with van der Waals surface area (Å²) in [4.78, 5) is 12.0. The molecule has 0 radical (unpaired) electrons. The Morgan fingerprint density at radius 2 is 1.87 bits per heavy atom. The van der Waals surface area contributed by atoms with Crippen molar-refractivity contribution in [1.82, 2.24) is 0 Å². The number of carbonyl (C=O) groups is 1. The number of rotatable bonds is 6. The van der Waals surface area contributed by atoms with E-state index in [1.807, 2.05) is 24.3 Å². The largest absolute Gasteiger partial charge is 0.495 e. The van der Waals surface area contributed by atoms with Gasteiger partial charge in [0.05, 0.1) is 12.8 Å². The maximum absolute atomic E-state index is 12.0. The van der Waals surface area contributed by atoms with E-state index in [1.165, 1.54) is 12.7 Å². The lowest BCUT2D eigenvalue weighted by molar-refractivity contribution is -0.118. The van der Waals surface area contributed by atoms with E-state index in [0.29, 0.717) is 28.1 Å². The number of hydrogen-bond donors (Lipinski definition) is 1. The maximum Gasteiger partial charge on any atom is 0.262 e. The van der Waals surface area contributed by atoms with Gasteiger partial charge in [0.25, 0.3) is 5.91 Å². The minimum absolute atomic E-state index is 0.0866. The third-order valence-electron chi connectivity index (χ3n) is 3.35. The molecule has 0 saturated carbocycles. The maximum atomic E-state index is 12.0. The minimum Gasteiger partial charge on any atom is -0.495 e. The lowest BCUT2D eigenvalue weighted by Gasteiger charge is -2.12. The van der Waals surface area contributed by atoms with E-state index in [-0.39, 0.29) is 12.5 Å². The lowest BCUT2D eigenvalue weighted by atomic mass is 10.0. The molecule has 2 rings (SSSR count). The van der Waals surface area contributed by atoms with Crippen molar-refractivity contribution in [3.8, 4) is 11.5 Å². The second kappa shape index (κ2) is 7.88. The standard InChI is InChI=1S/C18H20ClNO3/c1-12(2)13-4-7-15(8-5-13)23-11-18(21)20-16-10-14(19)6-9-17(16)22-3/h4-10,12H,11H2,1-3H3,(H,20,21). The molecule has 2 aromatic rings. The first-order valence-corrected chi connectivity index (χ1v) is 7.73. The smallest absolute Gasteiger partial charge is 0.262 e. The van der Waals surface area contributed by atoms with Gasteiger partial charge in [0.15, 0.2) is 6.61 Å². The zero-order valence-electron chi connectivity index (χ0n) is 13.4. The summed E-state index contributed by atoms with van der Waals surface area (Å²) >= 11 is 5.93. The van der Waals surface area contributed by atoms with E-state index in [4.69, 9.17) is 21.1 Å². The number of benzene rings is 2. The molecule has 0 aliphatic heterocycles. The van der Waals surface area contributed by atoms with Gasteiger partial charge in [-0.05, 0) is 41.8 Å². The molecule has 1 N–H and O–H groups in total. The highest BCUT2D eigenvalue weighted by Gasteiger charge is 2.09. The van der Waals surface area contributed by atoms with Crippen LogP contribution in [-0.4, -0.2) is 19.6 Å².